The number of nitriles is 1. The number of rotatable bonds is 4. The largest absolute Gasteiger partial charge is 0.469 e. The van der Waals surface area contributed by atoms with Crippen molar-refractivity contribution in [2.24, 2.45) is 5.92 Å². The molecule has 112 valence electrons. The Labute approximate surface area is 129 Å². The molecule has 0 amide bonds. The van der Waals surface area contributed by atoms with E-state index < -0.39 is 0 Å². The van der Waals surface area contributed by atoms with Gasteiger partial charge in [0.25, 0.3) is 0 Å². The molecule has 0 aromatic carbocycles. The van der Waals surface area contributed by atoms with Crippen LogP contribution in [0.2, 0.25) is 0 Å². The molecular formula is C16H20N2O2S. The van der Waals surface area contributed by atoms with Crippen molar-refractivity contribution >= 4 is 17.3 Å². The highest BCUT2D eigenvalue weighted by molar-refractivity contribution is 7.10. The number of esters is 1. The standard InChI is InChI=1S/C16H20N2O2S/c1-20-16(19)12-10-11-5-6-13(18(11)8-3-7-17)15(12)14-4-2-9-21-14/h2,4,9,11-13,15H,3,5-6,8,10H2,1H3/t11-,12+,13-,15+/m1/s1. The molecule has 0 spiro atoms. The minimum Gasteiger partial charge on any atom is -0.469 e. The quantitative estimate of drug-likeness (QED) is 0.803. The van der Waals surface area contributed by atoms with E-state index >= 15 is 0 Å². The molecule has 4 nitrogen and oxygen atoms in total. The predicted molar refractivity (Wildman–Crippen MR) is 80.9 cm³/mol. The Kier molecular flexibility index (Phi) is 4.27. The van der Waals surface area contributed by atoms with Gasteiger partial charge in [-0.15, -0.1) is 11.3 Å². The van der Waals surface area contributed by atoms with Gasteiger partial charge in [-0.2, -0.15) is 5.26 Å². The average Bonchev–Trinajstić information content (AvgIpc) is 3.12. The Morgan fingerprint density at radius 3 is 3.10 bits per heavy atom. The van der Waals surface area contributed by atoms with Gasteiger partial charge in [0, 0.05) is 35.8 Å². The number of ether oxygens (including phenoxy) is 1. The van der Waals surface area contributed by atoms with Gasteiger partial charge in [0.15, 0.2) is 0 Å². The molecule has 1 aromatic rings. The fraction of sp³-hybridized carbons (Fsp3) is 0.625. The number of methoxy groups -OCH3 is 1. The monoisotopic (exact) mass is 304 g/mol. The Morgan fingerprint density at radius 1 is 1.57 bits per heavy atom. The second-order valence-corrected chi connectivity index (χ2v) is 6.83. The van der Waals surface area contributed by atoms with Crippen molar-refractivity contribution in [3.8, 4) is 6.07 Å². The summed E-state index contributed by atoms with van der Waals surface area (Å²) in [5.41, 5.74) is 0. The highest BCUT2D eigenvalue weighted by Gasteiger charge is 2.50. The average molecular weight is 304 g/mol. The Bertz CT molecular complexity index is 537. The van der Waals surface area contributed by atoms with Gasteiger partial charge in [-0.3, -0.25) is 9.69 Å². The zero-order chi connectivity index (χ0) is 14.8. The van der Waals surface area contributed by atoms with Crippen LogP contribution >= 0.6 is 11.3 Å². The van der Waals surface area contributed by atoms with Crippen molar-refractivity contribution in [3.63, 3.8) is 0 Å². The SMILES string of the molecule is COC(=O)[C@H]1C[C@H]2CC[C@H]([C@H]1c1cccs1)N2CCC#N. The van der Waals surface area contributed by atoms with Crippen LogP contribution in [0.1, 0.15) is 36.5 Å². The highest BCUT2D eigenvalue weighted by Crippen LogP contribution is 2.48. The molecule has 4 atom stereocenters. The van der Waals surface area contributed by atoms with Crippen LogP contribution in [0.5, 0.6) is 0 Å². The molecule has 2 saturated heterocycles. The summed E-state index contributed by atoms with van der Waals surface area (Å²) in [4.78, 5) is 16.0. The van der Waals surface area contributed by atoms with Crippen molar-refractivity contribution in [2.45, 2.75) is 43.7 Å². The first-order valence-corrected chi connectivity index (χ1v) is 8.38. The van der Waals surface area contributed by atoms with Crippen LogP contribution in [0.3, 0.4) is 0 Å². The third kappa shape index (κ3) is 2.58. The summed E-state index contributed by atoms with van der Waals surface area (Å²) in [6, 6.07) is 7.24. The van der Waals surface area contributed by atoms with Crippen LogP contribution in [0.15, 0.2) is 17.5 Å². The lowest BCUT2D eigenvalue weighted by molar-refractivity contribution is -0.149. The highest BCUT2D eigenvalue weighted by atomic mass is 32.1. The molecule has 2 bridgehead atoms. The number of thiophene rings is 1. The number of carbonyl (C=O) groups is 1. The van der Waals surface area contributed by atoms with Gasteiger partial charge >= 0.3 is 5.97 Å². The topological polar surface area (TPSA) is 53.3 Å². The summed E-state index contributed by atoms with van der Waals surface area (Å²) in [6.07, 6.45) is 3.67. The van der Waals surface area contributed by atoms with Gasteiger partial charge in [0.05, 0.1) is 19.1 Å². The van der Waals surface area contributed by atoms with E-state index in [1.54, 1.807) is 11.3 Å². The molecule has 0 N–H and O–H groups in total. The fourth-order valence-corrected chi connectivity index (χ4v) is 5.05. The molecule has 2 aliphatic rings. The molecule has 2 fully saturated rings. The third-order valence-electron chi connectivity index (χ3n) is 4.92. The first kappa shape index (κ1) is 14.6. The van der Waals surface area contributed by atoms with Crippen LogP contribution in [-0.4, -0.2) is 36.6 Å². The summed E-state index contributed by atoms with van der Waals surface area (Å²) in [5, 5.41) is 10.9. The molecule has 1 aromatic heterocycles. The maximum atomic E-state index is 12.2. The van der Waals surface area contributed by atoms with Crippen LogP contribution in [0, 0.1) is 17.2 Å². The summed E-state index contributed by atoms with van der Waals surface area (Å²) < 4.78 is 5.05. The third-order valence-corrected chi connectivity index (χ3v) is 5.90. The van der Waals surface area contributed by atoms with Gasteiger partial charge in [-0.1, -0.05) is 6.07 Å². The van der Waals surface area contributed by atoms with E-state index in [0.717, 1.165) is 25.8 Å². The predicted octanol–water partition coefficient (Wildman–Crippen LogP) is 2.77. The van der Waals surface area contributed by atoms with Crippen LogP contribution in [0.4, 0.5) is 0 Å². The van der Waals surface area contributed by atoms with Gasteiger partial charge in [-0.05, 0) is 30.7 Å². The summed E-state index contributed by atoms with van der Waals surface area (Å²) >= 11 is 1.73. The number of carbonyl (C=O) groups excluding carboxylic acids is 1. The number of nitrogens with zero attached hydrogens (tertiary/aromatic N) is 2. The molecule has 0 unspecified atom stereocenters. The van der Waals surface area contributed by atoms with Gasteiger partial charge in [0.1, 0.15) is 0 Å². The normalized spacial score (nSPS) is 31.8. The van der Waals surface area contributed by atoms with Gasteiger partial charge < -0.3 is 4.74 Å². The molecule has 3 rings (SSSR count). The van der Waals surface area contributed by atoms with Crippen LogP contribution in [-0.2, 0) is 9.53 Å². The van der Waals surface area contributed by atoms with E-state index in [9.17, 15) is 4.79 Å². The molecule has 2 aliphatic heterocycles. The fourth-order valence-electron chi connectivity index (χ4n) is 4.10. The van der Waals surface area contributed by atoms with Gasteiger partial charge in [-0.25, -0.2) is 0 Å². The Hall–Kier alpha value is -1.38. The van der Waals surface area contributed by atoms with E-state index in [2.05, 4.69) is 28.5 Å². The van der Waals surface area contributed by atoms with Crippen molar-refractivity contribution in [3.05, 3.63) is 22.4 Å². The van der Waals surface area contributed by atoms with E-state index in [0.29, 0.717) is 18.5 Å². The van der Waals surface area contributed by atoms with Crippen LogP contribution < -0.4 is 0 Å². The van der Waals surface area contributed by atoms with Crippen LogP contribution in [0.25, 0.3) is 0 Å². The van der Waals surface area contributed by atoms with Crippen molar-refractivity contribution in [1.29, 1.82) is 5.26 Å². The smallest absolute Gasteiger partial charge is 0.309 e. The molecular weight excluding hydrogens is 284 g/mol. The number of piperidine rings is 1. The van der Waals surface area contributed by atoms with E-state index in [4.69, 9.17) is 10.00 Å². The first-order chi connectivity index (χ1) is 10.3. The zero-order valence-corrected chi connectivity index (χ0v) is 13.0. The lowest BCUT2D eigenvalue weighted by Gasteiger charge is -2.43. The van der Waals surface area contributed by atoms with Crippen molar-refractivity contribution < 1.29 is 9.53 Å². The van der Waals surface area contributed by atoms with E-state index in [1.807, 2.05) is 0 Å². The van der Waals surface area contributed by atoms with Crippen molar-refractivity contribution in [1.82, 2.24) is 4.90 Å². The number of hydrogen-bond donors (Lipinski definition) is 0. The van der Waals surface area contributed by atoms with E-state index in [-0.39, 0.29) is 17.8 Å². The molecule has 21 heavy (non-hydrogen) atoms. The molecule has 3 heterocycles. The Balaban J connectivity index is 1.90. The lowest BCUT2D eigenvalue weighted by atomic mass is 9.79. The molecule has 0 aliphatic carbocycles. The second-order valence-electron chi connectivity index (χ2n) is 5.85. The first-order valence-electron chi connectivity index (χ1n) is 7.50. The van der Waals surface area contributed by atoms with Gasteiger partial charge in [0.2, 0.25) is 0 Å². The summed E-state index contributed by atoms with van der Waals surface area (Å²) in [6.45, 7) is 0.821. The summed E-state index contributed by atoms with van der Waals surface area (Å²) in [5.74, 6) is 0.101. The second kappa shape index (κ2) is 6.17. The molecule has 0 radical (unpaired) electrons. The minimum absolute atomic E-state index is 0.0375. The number of fused-ring (bicyclic) bond motifs is 2. The Morgan fingerprint density at radius 2 is 2.43 bits per heavy atom. The summed E-state index contributed by atoms with van der Waals surface area (Å²) in [7, 11) is 1.48. The maximum Gasteiger partial charge on any atom is 0.309 e. The molecule has 5 heteroatoms. The minimum atomic E-state index is -0.0785. The van der Waals surface area contributed by atoms with Crippen molar-refractivity contribution in [2.75, 3.05) is 13.7 Å². The van der Waals surface area contributed by atoms with E-state index in [1.165, 1.54) is 12.0 Å². The maximum absolute atomic E-state index is 12.2. The number of hydrogen-bond acceptors (Lipinski definition) is 5. The lowest BCUT2D eigenvalue weighted by Crippen LogP contribution is -2.49. The zero-order valence-electron chi connectivity index (χ0n) is 12.2. The molecule has 0 saturated carbocycles.